The summed E-state index contributed by atoms with van der Waals surface area (Å²) in [5, 5.41) is 8.84. The van der Waals surface area contributed by atoms with Crippen molar-refractivity contribution in [1.29, 1.82) is 5.26 Å². The highest BCUT2D eigenvalue weighted by molar-refractivity contribution is 9.10. The summed E-state index contributed by atoms with van der Waals surface area (Å²) in [5.41, 5.74) is 1.22. The molecular formula is C10H7Br2NO. The molecule has 0 fully saturated rings. The van der Waals surface area contributed by atoms with Crippen LogP contribution in [0, 0.1) is 11.3 Å². The van der Waals surface area contributed by atoms with Crippen molar-refractivity contribution >= 4 is 37.6 Å². The molecule has 0 saturated carbocycles. The van der Waals surface area contributed by atoms with Gasteiger partial charge < -0.3 is 0 Å². The van der Waals surface area contributed by atoms with Gasteiger partial charge in [-0.1, -0.05) is 31.9 Å². The second-order valence-electron chi connectivity index (χ2n) is 2.82. The SMILES string of the molecule is CC(=O)C(Br)c1cc(Br)ccc1C#N. The van der Waals surface area contributed by atoms with E-state index in [2.05, 4.69) is 37.9 Å². The minimum absolute atomic E-state index is 0.0143. The van der Waals surface area contributed by atoms with Crippen LogP contribution in [0.2, 0.25) is 0 Å². The monoisotopic (exact) mass is 315 g/mol. The van der Waals surface area contributed by atoms with Crippen LogP contribution in [-0.4, -0.2) is 5.78 Å². The number of nitriles is 1. The number of Topliss-reactive ketones (excluding diaryl/α,β-unsaturated/α-hetero) is 1. The number of alkyl halides is 1. The highest BCUT2D eigenvalue weighted by Gasteiger charge is 2.16. The summed E-state index contributed by atoms with van der Waals surface area (Å²) >= 11 is 6.56. The standard InChI is InChI=1S/C10H7Br2NO/c1-6(14)10(12)9-4-8(11)3-2-7(9)5-13/h2-4,10H,1H3. The van der Waals surface area contributed by atoms with Gasteiger partial charge in [0.2, 0.25) is 0 Å². The zero-order valence-electron chi connectivity index (χ0n) is 7.42. The van der Waals surface area contributed by atoms with Gasteiger partial charge in [0.1, 0.15) is 5.78 Å². The summed E-state index contributed by atoms with van der Waals surface area (Å²) in [6.45, 7) is 1.49. The van der Waals surface area contributed by atoms with Crippen LogP contribution < -0.4 is 0 Å². The molecule has 0 N–H and O–H groups in total. The minimum Gasteiger partial charge on any atom is -0.298 e. The van der Waals surface area contributed by atoms with Gasteiger partial charge in [-0.15, -0.1) is 0 Å². The molecule has 0 radical (unpaired) electrons. The van der Waals surface area contributed by atoms with E-state index in [1.807, 2.05) is 0 Å². The summed E-state index contributed by atoms with van der Waals surface area (Å²) in [6, 6.07) is 7.30. The summed E-state index contributed by atoms with van der Waals surface area (Å²) in [5.74, 6) is -0.0143. The lowest BCUT2D eigenvalue weighted by Crippen LogP contribution is -2.03. The van der Waals surface area contributed by atoms with Crippen LogP contribution in [0.25, 0.3) is 0 Å². The maximum absolute atomic E-state index is 11.2. The Morgan fingerprint density at radius 3 is 2.71 bits per heavy atom. The highest BCUT2D eigenvalue weighted by Crippen LogP contribution is 2.29. The Kier molecular flexibility index (Phi) is 3.85. The molecule has 72 valence electrons. The van der Waals surface area contributed by atoms with Gasteiger partial charge >= 0.3 is 0 Å². The van der Waals surface area contributed by atoms with Crippen LogP contribution in [0.3, 0.4) is 0 Å². The molecule has 0 aliphatic carbocycles. The number of nitrogens with zero attached hydrogens (tertiary/aromatic N) is 1. The molecule has 0 saturated heterocycles. The first kappa shape index (κ1) is 11.4. The molecule has 1 aromatic carbocycles. The lowest BCUT2D eigenvalue weighted by molar-refractivity contribution is -0.116. The molecule has 0 aliphatic heterocycles. The fourth-order valence-electron chi connectivity index (χ4n) is 1.06. The largest absolute Gasteiger partial charge is 0.298 e. The molecule has 2 nitrogen and oxygen atoms in total. The van der Waals surface area contributed by atoms with E-state index in [1.165, 1.54) is 6.92 Å². The molecule has 0 bridgehead atoms. The lowest BCUT2D eigenvalue weighted by atomic mass is 10.0. The first-order chi connectivity index (χ1) is 6.56. The smallest absolute Gasteiger partial charge is 0.147 e. The number of halogens is 2. The average Bonchev–Trinajstić information content (AvgIpc) is 2.16. The Morgan fingerprint density at radius 1 is 1.57 bits per heavy atom. The fourth-order valence-corrected chi connectivity index (χ4v) is 1.82. The third-order valence-corrected chi connectivity index (χ3v) is 3.40. The van der Waals surface area contributed by atoms with Gasteiger partial charge in [-0.3, -0.25) is 4.79 Å². The summed E-state index contributed by atoms with van der Waals surface area (Å²) in [4.78, 5) is 10.7. The maximum Gasteiger partial charge on any atom is 0.147 e. The topological polar surface area (TPSA) is 40.9 Å². The van der Waals surface area contributed by atoms with Crippen molar-refractivity contribution in [3.05, 3.63) is 33.8 Å². The van der Waals surface area contributed by atoms with E-state index in [0.717, 1.165) is 4.47 Å². The van der Waals surface area contributed by atoms with Gasteiger partial charge in [0.05, 0.1) is 16.5 Å². The molecular weight excluding hydrogens is 310 g/mol. The number of hydrogen-bond acceptors (Lipinski definition) is 2. The van der Waals surface area contributed by atoms with Crippen molar-refractivity contribution in [2.24, 2.45) is 0 Å². The predicted molar refractivity (Wildman–Crippen MR) is 61.2 cm³/mol. The molecule has 0 heterocycles. The van der Waals surface area contributed by atoms with Crippen LogP contribution in [0.1, 0.15) is 22.9 Å². The third kappa shape index (κ3) is 2.43. The Morgan fingerprint density at radius 2 is 2.21 bits per heavy atom. The van der Waals surface area contributed by atoms with Crippen LogP contribution in [0.4, 0.5) is 0 Å². The second kappa shape index (κ2) is 4.72. The number of hydrogen-bond donors (Lipinski definition) is 0. The molecule has 14 heavy (non-hydrogen) atoms. The maximum atomic E-state index is 11.2. The van der Waals surface area contributed by atoms with E-state index in [-0.39, 0.29) is 5.78 Å². The zero-order chi connectivity index (χ0) is 10.7. The molecule has 1 atom stereocenters. The van der Waals surface area contributed by atoms with E-state index < -0.39 is 4.83 Å². The lowest BCUT2D eigenvalue weighted by Gasteiger charge is -2.08. The van der Waals surface area contributed by atoms with E-state index in [4.69, 9.17) is 5.26 Å². The van der Waals surface area contributed by atoms with Gasteiger partial charge in [-0.05, 0) is 30.7 Å². The van der Waals surface area contributed by atoms with Gasteiger partial charge in [0.25, 0.3) is 0 Å². The molecule has 0 aromatic heterocycles. The molecule has 0 amide bonds. The number of rotatable bonds is 2. The van der Waals surface area contributed by atoms with Gasteiger partial charge in [-0.2, -0.15) is 5.26 Å². The van der Waals surface area contributed by atoms with Crippen molar-refractivity contribution < 1.29 is 4.79 Å². The summed E-state index contributed by atoms with van der Waals surface area (Å²) in [6.07, 6.45) is 0. The number of carbonyl (C=O) groups is 1. The molecule has 1 rings (SSSR count). The van der Waals surface area contributed by atoms with E-state index in [9.17, 15) is 4.79 Å². The first-order valence-corrected chi connectivity index (χ1v) is 5.61. The normalized spacial score (nSPS) is 11.9. The number of carbonyl (C=O) groups excluding carboxylic acids is 1. The van der Waals surface area contributed by atoms with Crippen molar-refractivity contribution in [1.82, 2.24) is 0 Å². The first-order valence-electron chi connectivity index (χ1n) is 3.90. The number of benzene rings is 1. The third-order valence-electron chi connectivity index (χ3n) is 1.76. The van der Waals surface area contributed by atoms with Gasteiger partial charge in [0, 0.05) is 4.47 Å². The van der Waals surface area contributed by atoms with Crippen LogP contribution >= 0.6 is 31.9 Å². The minimum atomic E-state index is -0.408. The van der Waals surface area contributed by atoms with Gasteiger partial charge in [-0.25, -0.2) is 0 Å². The predicted octanol–water partition coefficient (Wildman–Crippen LogP) is 3.35. The zero-order valence-corrected chi connectivity index (χ0v) is 10.6. The summed E-state index contributed by atoms with van der Waals surface area (Å²) in [7, 11) is 0. The molecule has 4 heteroatoms. The summed E-state index contributed by atoms with van der Waals surface area (Å²) < 4.78 is 0.859. The molecule has 1 aromatic rings. The van der Waals surface area contributed by atoms with Crippen molar-refractivity contribution in [2.75, 3.05) is 0 Å². The molecule has 1 unspecified atom stereocenters. The van der Waals surface area contributed by atoms with E-state index >= 15 is 0 Å². The highest BCUT2D eigenvalue weighted by atomic mass is 79.9. The average molecular weight is 317 g/mol. The Balaban J connectivity index is 3.25. The Bertz CT molecular complexity index is 409. The van der Waals surface area contributed by atoms with Crippen molar-refractivity contribution in [3.63, 3.8) is 0 Å². The Labute approximate surface area is 99.2 Å². The quantitative estimate of drug-likeness (QED) is 0.785. The fraction of sp³-hybridized carbons (Fsp3) is 0.200. The van der Waals surface area contributed by atoms with Crippen LogP contribution in [-0.2, 0) is 4.79 Å². The van der Waals surface area contributed by atoms with Crippen molar-refractivity contribution in [2.45, 2.75) is 11.8 Å². The van der Waals surface area contributed by atoms with Crippen LogP contribution in [0.15, 0.2) is 22.7 Å². The Hall–Kier alpha value is -0.660. The van der Waals surface area contributed by atoms with Gasteiger partial charge in [0.15, 0.2) is 0 Å². The van der Waals surface area contributed by atoms with Crippen LogP contribution in [0.5, 0.6) is 0 Å². The second-order valence-corrected chi connectivity index (χ2v) is 4.65. The molecule has 0 aliphatic rings. The number of ketones is 1. The molecule has 0 spiro atoms. The van der Waals surface area contributed by atoms with Crippen molar-refractivity contribution in [3.8, 4) is 6.07 Å². The van der Waals surface area contributed by atoms with E-state index in [1.54, 1.807) is 18.2 Å². The van der Waals surface area contributed by atoms with E-state index in [0.29, 0.717) is 11.1 Å².